The van der Waals surface area contributed by atoms with Crippen molar-refractivity contribution in [1.82, 2.24) is 4.98 Å². The van der Waals surface area contributed by atoms with Crippen LogP contribution in [0.5, 0.6) is 0 Å². The molecule has 1 aromatic heterocycles. The van der Waals surface area contributed by atoms with E-state index in [1.54, 1.807) is 0 Å². The molecule has 0 spiro atoms. The number of carbonyl (C=O) groups is 1. The van der Waals surface area contributed by atoms with Crippen molar-refractivity contribution in [3.05, 3.63) is 77.5 Å². The van der Waals surface area contributed by atoms with Gasteiger partial charge in [-0.25, -0.2) is 0 Å². The number of aryl methyl sites for hydroxylation is 1. The summed E-state index contributed by atoms with van der Waals surface area (Å²) in [5, 5.41) is 0. The van der Waals surface area contributed by atoms with Gasteiger partial charge >= 0.3 is 0 Å². The van der Waals surface area contributed by atoms with Crippen LogP contribution in [0.25, 0.3) is 22.4 Å². The summed E-state index contributed by atoms with van der Waals surface area (Å²) in [7, 11) is 0. The van der Waals surface area contributed by atoms with Gasteiger partial charge in [-0.15, -0.1) is 0 Å². The standard InChI is InChI=1S/C25H24N2O/c26-25(14-5-15-25)19-12-10-18(11-13-19)24-20(17-6-2-1-3-7-17)16-21-22(27-24)8-4-9-23(21)28/h1-3,6-7,10-13,16H,4-5,8-9,14-15,26H2. The number of fused-ring (bicyclic) bond motifs is 1. The van der Waals surface area contributed by atoms with E-state index in [9.17, 15) is 4.79 Å². The Bertz CT molecular complexity index is 1030. The monoisotopic (exact) mass is 368 g/mol. The SMILES string of the molecule is NC1(c2ccc(-c3nc4c(cc3-c3ccccc3)C(=O)CCC4)cc2)CCC1. The smallest absolute Gasteiger partial charge is 0.164 e. The van der Waals surface area contributed by atoms with Crippen LogP contribution in [0.15, 0.2) is 60.7 Å². The summed E-state index contributed by atoms with van der Waals surface area (Å²) < 4.78 is 0. The summed E-state index contributed by atoms with van der Waals surface area (Å²) in [6.45, 7) is 0. The van der Waals surface area contributed by atoms with Crippen molar-refractivity contribution in [3.8, 4) is 22.4 Å². The number of nitrogens with zero attached hydrogens (tertiary/aromatic N) is 1. The minimum atomic E-state index is -0.156. The zero-order valence-corrected chi connectivity index (χ0v) is 15.9. The van der Waals surface area contributed by atoms with E-state index in [0.717, 1.165) is 59.3 Å². The molecule has 2 aliphatic rings. The fourth-order valence-electron chi connectivity index (χ4n) is 4.40. The van der Waals surface area contributed by atoms with Crippen LogP contribution in [0.3, 0.4) is 0 Å². The van der Waals surface area contributed by atoms with Gasteiger partial charge < -0.3 is 5.73 Å². The zero-order chi connectivity index (χ0) is 19.1. The molecule has 0 aliphatic heterocycles. The lowest BCUT2D eigenvalue weighted by atomic mass is 9.72. The molecule has 0 amide bonds. The topological polar surface area (TPSA) is 56.0 Å². The fraction of sp³-hybridized carbons (Fsp3) is 0.280. The third-order valence-electron chi connectivity index (χ3n) is 6.28. The second-order valence-corrected chi connectivity index (χ2v) is 8.11. The lowest BCUT2D eigenvalue weighted by molar-refractivity contribution is 0.0971. The summed E-state index contributed by atoms with van der Waals surface area (Å²) in [6.07, 6.45) is 5.69. The Morgan fingerprint density at radius 1 is 0.821 bits per heavy atom. The number of hydrogen-bond acceptors (Lipinski definition) is 3. The number of pyridine rings is 1. The van der Waals surface area contributed by atoms with Crippen LogP contribution in [-0.4, -0.2) is 10.8 Å². The minimum absolute atomic E-state index is 0.156. The van der Waals surface area contributed by atoms with E-state index < -0.39 is 0 Å². The number of aromatic nitrogens is 1. The molecule has 140 valence electrons. The normalized spacial score (nSPS) is 17.7. The van der Waals surface area contributed by atoms with Crippen LogP contribution in [0.2, 0.25) is 0 Å². The number of Topliss-reactive ketones (excluding diaryl/α,β-unsaturated/α-hetero) is 1. The molecule has 2 aromatic carbocycles. The molecular formula is C25H24N2O. The van der Waals surface area contributed by atoms with E-state index >= 15 is 0 Å². The molecule has 1 heterocycles. The van der Waals surface area contributed by atoms with E-state index in [1.165, 1.54) is 12.0 Å². The van der Waals surface area contributed by atoms with Gasteiger partial charge in [0.1, 0.15) is 0 Å². The number of carbonyl (C=O) groups excluding carboxylic acids is 1. The highest BCUT2D eigenvalue weighted by atomic mass is 16.1. The summed E-state index contributed by atoms with van der Waals surface area (Å²) in [5.74, 6) is 0.211. The molecule has 3 nitrogen and oxygen atoms in total. The molecule has 2 N–H and O–H groups in total. The summed E-state index contributed by atoms with van der Waals surface area (Å²) in [5.41, 5.74) is 13.4. The van der Waals surface area contributed by atoms with Crippen LogP contribution < -0.4 is 5.73 Å². The van der Waals surface area contributed by atoms with E-state index in [-0.39, 0.29) is 11.3 Å². The van der Waals surface area contributed by atoms with Crippen molar-refractivity contribution in [2.45, 2.75) is 44.1 Å². The van der Waals surface area contributed by atoms with Gasteiger partial charge in [0.25, 0.3) is 0 Å². The Morgan fingerprint density at radius 2 is 1.57 bits per heavy atom. The molecular weight excluding hydrogens is 344 g/mol. The molecule has 2 aliphatic carbocycles. The first kappa shape index (κ1) is 17.3. The first-order valence-corrected chi connectivity index (χ1v) is 10.2. The van der Waals surface area contributed by atoms with E-state index in [0.29, 0.717) is 6.42 Å². The molecule has 0 bridgehead atoms. The first-order valence-electron chi connectivity index (χ1n) is 10.2. The third kappa shape index (κ3) is 2.87. The van der Waals surface area contributed by atoms with Gasteiger partial charge in [-0.2, -0.15) is 0 Å². The first-order chi connectivity index (χ1) is 13.6. The Kier molecular flexibility index (Phi) is 4.13. The maximum Gasteiger partial charge on any atom is 0.164 e. The van der Waals surface area contributed by atoms with Crippen LogP contribution in [-0.2, 0) is 12.0 Å². The van der Waals surface area contributed by atoms with E-state index in [1.807, 2.05) is 18.2 Å². The highest BCUT2D eigenvalue weighted by molar-refractivity contribution is 6.00. The molecule has 3 heteroatoms. The second kappa shape index (κ2) is 6.68. The van der Waals surface area contributed by atoms with Gasteiger partial charge in [-0.05, 0) is 49.3 Å². The quantitative estimate of drug-likeness (QED) is 0.685. The largest absolute Gasteiger partial charge is 0.321 e. The predicted octanol–water partition coefficient (Wildman–Crippen LogP) is 5.27. The van der Waals surface area contributed by atoms with Gasteiger partial charge in [0.2, 0.25) is 0 Å². The summed E-state index contributed by atoms with van der Waals surface area (Å²) in [6, 6.07) is 20.8. The number of rotatable bonds is 3. The Morgan fingerprint density at radius 3 is 2.25 bits per heavy atom. The Balaban J connectivity index is 1.64. The molecule has 0 saturated heterocycles. The van der Waals surface area contributed by atoms with E-state index in [4.69, 9.17) is 10.7 Å². The van der Waals surface area contributed by atoms with Crippen molar-refractivity contribution in [3.63, 3.8) is 0 Å². The van der Waals surface area contributed by atoms with Crippen LogP contribution in [0, 0.1) is 0 Å². The lowest BCUT2D eigenvalue weighted by Crippen LogP contribution is -2.43. The molecule has 3 aromatic rings. The van der Waals surface area contributed by atoms with Gasteiger partial charge in [0.15, 0.2) is 5.78 Å². The predicted molar refractivity (Wildman–Crippen MR) is 112 cm³/mol. The average Bonchev–Trinajstić information content (AvgIpc) is 2.72. The molecule has 1 fully saturated rings. The highest BCUT2D eigenvalue weighted by Crippen LogP contribution is 2.40. The highest BCUT2D eigenvalue weighted by Gasteiger charge is 2.34. The number of hydrogen-bond donors (Lipinski definition) is 1. The Labute approximate surface area is 165 Å². The van der Waals surface area contributed by atoms with E-state index in [2.05, 4.69) is 42.5 Å². The minimum Gasteiger partial charge on any atom is -0.321 e. The van der Waals surface area contributed by atoms with Crippen LogP contribution in [0.4, 0.5) is 0 Å². The van der Waals surface area contributed by atoms with Crippen molar-refractivity contribution in [1.29, 1.82) is 0 Å². The van der Waals surface area contributed by atoms with Gasteiger partial charge in [-0.3, -0.25) is 9.78 Å². The van der Waals surface area contributed by atoms with Crippen molar-refractivity contribution in [2.75, 3.05) is 0 Å². The van der Waals surface area contributed by atoms with Gasteiger partial charge in [0.05, 0.1) is 11.4 Å². The number of nitrogens with two attached hydrogens (primary N) is 1. The zero-order valence-electron chi connectivity index (χ0n) is 15.9. The summed E-state index contributed by atoms with van der Waals surface area (Å²) in [4.78, 5) is 17.4. The van der Waals surface area contributed by atoms with Crippen LogP contribution >= 0.6 is 0 Å². The van der Waals surface area contributed by atoms with Crippen molar-refractivity contribution < 1.29 is 4.79 Å². The molecule has 0 unspecified atom stereocenters. The van der Waals surface area contributed by atoms with Crippen molar-refractivity contribution in [2.24, 2.45) is 5.73 Å². The number of benzene rings is 2. The maximum atomic E-state index is 12.5. The van der Waals surface area contributed by atoms with Crippen molar-refractivity contribution >= 4 is 5.78 Å². The van der Waals surface area contributed by atoms with Gasteiger partial charge in [-0.1, -0.05) is 54.6 Å². The third-order valence-corrected chi connectivity index (χ3v) is 6.28. The maximum absolute atomic E-state index is 12.5. The van der Waals surface area contributed by atoms with Gasteiger partial charge in [0, 0.05) is 28.7 Å². The Hall–Kier alpha value is -2.78. The summed E-state index contributed by atoms with van der Waals surface area (Å²) >= 11 is 0. The molecule has 28 heavy (non-hydrogen) atoms. The fourth-order valence-corrected chi connectivity index (χ4v) is 4.40. The molecule has 0 atom stereocenters. The molecule has 0 radical (unpaired) electrons. The molecule has 5 rings (SSSR count). The second-order valence-electron chi connectivity index (χ2n) is 8.11. The average molecular weight is 368 g/mol. The molecule has 1 saturated carbocycles. The lowest BCUT2D eigenvalue weighted by Gasteiger charge is -2.38. The van der Waals surface area contributed by atoms with Crippen LogP contribution in [0.1, 0.15) is 53.7 Å². The number of ketones is 1.